The van der Waals surface area contributed by atoms with Gasteiger partial charge in [0.15, 0.2) is 0 Å². The van der Waals surface area contributed by atoms with Crippen LogP contribution in [0.5, 0.6) is 0 Å². The molecule has 0 amide bonds. The minimum atomic E-state index is -0.00991. The Balaban J connectivity index is 1.87. The summed E-state index contributed by atoms with van der Waals surface area (Å²) in [6.45, 7) is -0.00991. The second kappa shape index (κ2) is 5.95. The van der Waals surface area contributed by atoms with Crippen LogP contribution in [0.25, 0.3) is 10.6 Å². The fraction of sp³-hybridized carbons (Fsp3) is 0.0625. The first-order chi connectivity index (χ1) is 10.3. The number of anilines is 3. The first kappa shape index (κ1) is 13.6. The molecule has 0 aliphatic rings. The van der Waals surface area contributed by atoms with E-state index < -0.39 is 0 Å². The Morgan fingerprint density at radius 3 is 2.81 bits per heavy atom. The van der Waals surface area contributed by atoms with Crippen LogP contribution in [0.4, 0.5) is 17.1 Å². The minimum absolute atomic E-state index is 0.00991. The van der Waals surface area contributed by atoms with Crippen LogP contribution in [0.15, 0.2) is 54.0 Å². The number of rotatable bonds is 4. The zero-order valence-electron chi connectivity index (χ0n) is 11.3. The number of hydrogen-bond acceptors (Lipinski definition) is 5. The fourth-order valence-electron chi connectivity index (χ4n) is 2.08. The highest BCUT2D eigenvalue weighted by Crippen LogP contribution is 2.28. The maximum Gasteiger partial charge on any atom is 0.123 e. The van der Waals surface area contributed by atoms with Crippen LogP contribution in [0.1, 0.15) is 5.56 Å². The molecule has 106 valence electrons. The molecular weight excluding hydrogens is 282 g/mol. The smallest absolute Gasteiger partial charge is 0.123 e. The van der Waals surface area contributed by atoms with Crippen molar-refractivity contribution in [3.8, 4) is 10.6 Å². The fourth-order valence-corrected chi connectivity index (χ4v) is 2.71. The van der Waals surface area contributed by atoms with E-state index in [0.717, 1.165) is 27.5 Å². The zero-order chi connectivity index (χ0) is 14.7. The number of aliphatic hydroxyl groups excluding tert-OH is 1. The molecule has 21 heavy (non-hydrogen) atoms. The summed E-state index contributed by atoms with van der Waals surface area (Å²) in [7, 11) is 0. The molecule has 1 heterocycles. The molecule has 4 nitrogen and oxygen atoms in total. The van der Waals surface area contributed by atoms with Crippen LogP contribution < -0.4 is 11.1 Å². The van der Waals surface area contributed by atoms with Gasteiger partial charge >= 0.3 is 0 Å². The number of aliphatic hydroxyl groups is 1. The van der Waals surface area contributed by atoms with Crippen molar-refractivity contribution < 1.29 is 5.11 Å². The van der Waals surface area contributed by atoms with Crippen LogP contribution in [0, 0.1) is 0 Å². The lowest BCUT2D eigenvalue weighted by molar-refractivity contribution is 0.282. The van der Waals surface area contributed by atoms with E-state index in [-0.39, 0.29) is 6.61 Å². The Morgan fingerprint density at radius 2 is 2.10 bits per heavy atom. The summed E-state index contributed by atoms with van der Waals surface area (Å²) in [6.07, 6.45) is 1.80. The number of aromatic nitrogens is 1. The summed E-state index contributed by atoms with van der Waals surface area (Å²) in [4.78, 5) is 4.31. The number of hydrogen-bond donors (Lipinski definition) is 3. The maximum absolute atomic E-state index is 9.10. The molecule has 5 heteroatoms. The molecule has 0 aliphatic heterocycles. The summed E-state index contributed by atoms with van der Waals surface area (Å²) in [5.74, 6) is 0. The van der Waals surface area contributed by atoms with Crippen molar-refractivity contribution in [3.05, 3.63) is 59.6 Å². The predicted molar refractivity (Wildman–Crippen MR) is 87.6 cm³/mol. The Labute approximate surface area is 126 Å². The van der Waals surface area contributed by atoms with E-state index in [4.69, 9.17) is 10.8 Å². The van der Waals surface area contributed by atoms with Crippen LogP contribution >= 0.6 is 11.3 Å². The van der Waals surface area contributed by atoms with Gasteiger partial charge in [0.2, 0.25) is 0 Å². The molecule has 0 saturated heterocycles. The SMILES string of the molecule is Nc1cc(CO)ccc1Nc1cccc(-c2nccs2)c1. The molecule has 0 atom stereocenters. The van der Waals surface area contributed by atoms with Gasteiger partial charge in [0, 0.05) is 22.8 Å². The van der Waals surface area contributed by atoms with Crippen molar-refractivity contribution in [1.29, 1.82) is 0 Å². The Morgan fingerprint density at radius 1 is 1.19 bits per heavy atom. The summed E-state index contributed by atoms with van der Waals surface area (Å²) >= 11 is 1.61. The number of nitrogens with one attached hydrogen (secondary N) is 1. The third kappa shape index (κ3) is 3.04. The lowest BCUT2D eigenvalue weighted by Gasteiger charge is -2.11. The van der Waals surface area contributed by atoms with Crippen LogP contribution in [-0.4, -0.2) is 10.1 Å². The lowest BCUT2D eigenvalue weighted by atomic mass is 10.1. The van der Waals surface area contributed by atoms with Crippen LogP contribution in [-0.2, 0) is 6.61 Å². The van der Waals surface area contributed by atoms with Gasteiger partial charge in [-0.05, 0) is 29.8 Å². The summed E-state index contributed by atoms with van der Waals surface area (Å²) in [5.41, 5.74) is 10.2. The second-order valence-electron chi connectivity index (χ2n) is 4.62. The second-order valence-corrected chi connectivity index (χ2v) is 5.52. The van der Waals surface area contributed by atoms with E-state index in [1.807, 2.05) is 41.8 Å². The molecule has 0 saturated carbocycles. The molecule has 2 aromatic carbocycles. The van der Waals surface area contributed by atoms with Crippen molar-refractivity contribution in [2.75, 3.05) is 11.1 Å². The highest BCUT2D eigenvalue weighted by atomic mass is 32.1. The first-order valence-electron chi connectivity index (χ1n) is 6.52. The highest BCUT2D eigenvalue weighted by molar-refractivity contribution is 7.13. The minimum Gasteiger partial charge on any atom is -0.397 e. The van der Waals surface area contributed by atoms with Gasteiger partial charge in [-0.25, -0.2) is 4.98 Å². The molecule has 0 unspecified atom stereocenters. The Bertz CT molecular complexity index is 741. The Kier molecular flexibility index (Phi) is 3.85. The Hall–Kier alpha value is -2.37. The molecule has 3 rings (SSSR count). The molecule has 0 spiro atoms. The lowest BCUT2D eigenvalue weighted by Crippen LogP contribution is -1.97. The van der Waals surface area contributed by atoms with Gasteiger partial charge in [-0.2, -0.15) is 0 Å². The third-order valence-corrected chi connectivity index (χ3v) is 3.94. The summed E-state index contributed by atoms with van der Waals surface area (Å²) < 4.78 is 0. The van der Waals surface area contributed by atoms with E-state index in [1.54, 1.807) is 23.6 Å². The predicted octanol–water partition coefficient (Wildman–Crippen LogP) is 3.63. The van der Waals surface area contributed by atoms with E-state index >= 15 is 0 Å². The normalized spacial score (nSPS) is 10.5. The molecule has 3 aromatic rings. The number of thiazole rings is 1. The van der Waals surface area contributed by atoms with Gasteiger partial charge in [0.1, 0.15) is 5.01 Å². The van der Waals surface area contributed by atoms with Crippen molar-refractivity contribution in [2.45, 2.75) is 6.61 Å². The third-order valence-electron chi connectivity index (χ3n) is 3.12. The summed E-state index contributed by atoms with van der Waals surface area (Å²) in [6, 6.07) is 13.5. The number of nitrogens with zero attached hydrogens (tertiary/aromatic N) is 1. The maximum atomic E-state index is 9.10. The number of benzene rings is 2. The van der Waals surface area contributed by atoms with Crippen LogP contribution in [0.2, 0.25) is 0 Å². The van der Waals surface area contributed by atoms with E-state index in [1.165, 1.54) is 0 Å². The molecule has 1 aromatic heterocycles. The van der Waals surface area contributed by atoms with Crippen molar-refractivity contribution in [1.82, 2.24) is 4.98 Å². The van der Waals surface area contributed by atoms with E-state index in [2.05, 4.69) is 10.3 Å². The molecule has 0 fully saturated rings. The van der Waals surface area contributed by atoms with Gasteiger partial charge in [-0.1, -0.05) is 18.2 Å². The number of nitrogen functional groups attached to an aromatic ring is 1. The van der Waals surface area contributed by atoms with E-state index in [0.29, 0.717) is 5.69 Å². The molecular formula is C16H15N3OS. The molecule has 0 bridgehead atoms. The van der Waals surface area contributed by atoms with Crippen molar-refractivity contribution in [2.24, 2.45) is 0 Å². The van der Waals surface area contributed by atoms with E-state index in [9.17, 15) is 0 Å². The molecule has 4 N–H and O–H groups in total. The van der Waals surface area contributed by atoms with Gasteiger partial charge in [-0.3, -0.25) is 0 Å². The topological polar surface area (TPSA) is 71.2 Å². The van der Waals surface area contributed by atoms with Gasteiger partial charge in [0.25, 0.3) is 0 Å². The average molecular weight is 297 g/mol. The zero-order valence-corrected chi connectivity index (χ0v) is 12.1. The van der Waals surface area contributed by atoms with Crippen molar-refractivity contribution in [3.63, 3.8) is 0 Å². The average Bonchev–Trinajstić information content (AvgIpc) is 3.04. The highest BCUT2D eigenvalue weighted by Gasteiger charge is 2.04. The van der Waals surface area contributed by atoms with Crippen molar-refractivity contribution >= 4 is 28.4 Å². The standard InChI is InChI=1S/C16H15N3OS/c17-14-8-11(10-20)4-5-15(14)19-13-3-1-2-12(9-13)16-18-6-7-21-16/h1-9,19-20H,10,17H2. The quantitative estimate of drug-likeness (QED) is 0.643. The number of nitrogens with two attached hydrogens (primary N) is 1. The molecule has 0 radical (unpaired) electrons. The van der Waals surface area contributed by atoms with Gasteiger partial charge < -0.3 is 16.2 Å². The van der Waals surface area contributed by atoms with Gasteiger partial charge in [-0.15, -0.1) is 11.3 Å². The largest absolute Gasteiger partial charge is 0.397 e. The van der Waals surface area contributed by atoms with Crippen LogP contribution in [0.3, 0.4) is 0 Å². The van der Waals surface area contributed by atoms with Gasteiger partial charge in [0.05, 0.1) is 18.0 Å². The monoisotopic (exact) mass is 297 g/mol. The summed E-state index contributed by atoms with van der Waals surface area (Å²) in [5, 5.41) is 15.3. The molecule has 0 aliphatic carbocycles. The first-order valence-corrected chi connectivity index (χ1v) is 7.40.